The molecule has 0 aromatic carbocycles. The summed E-state index contributed by atoms with van der Waals surface area (Å²) < 4.78 is 2.36. The van der Waals surface area contributed by atoms with E-state index in [0.717, 1.165) is 4.47 Å². The highest BCUT2D eigenvalue weighted by atomic mass is 79.9. The van der Waals surface area contributed by atoms with Crippen LogP contribution in [-0.2, 0) is 0 Å². The Morgan fingerprint density at radius 2 is 2.46 bits per heavy atom. The summed E-state index contributed by atoms with van der Waals surface area (Å²) in [7, 11) is 0. The van der Waals surface area contributed by atoms with Crippen molar-refractivity contribution in [2.75, 3.05) is 0 Å². The molecule has 0 aliphatic rings. The van der Waals surface area contributed by atoms with E-state index < -0.39 is 0 Å². The zero-order valence-corrected chi connectivity index (χ0v) is 8.00. The van der Waals surface area contributed by atoms with Gasteiger partial charge in [-0.3, -0.25) is 9.31 Å². The van der Waals surface area contributed by atoms with Gasteiger partial charge >= 0.3 is 0 Å². The predicted molar refractivity (Wildman–Crippen MR) is 52.5 cm³/mol. The number of fused-ring (bicyclic) bond motifs is 1. The molecule has 13 heavy (non-hydrogen) atoms. The molecule has 0 saturated heterocycles. The van der Waals surface area contributed by atoms with Crippen molar-refractivity contribution in [2.45, 2.75) is 0 Å². The summed E-state index contributed by atoms with van der Waals surface area (Å²) in [6, 6.07) is 3.49. The molecule has 0 aliphatic carbocycles. The summed E-state index contributed by atoms with van der Waals surface area (Å²) in [5.74, 6) is 0. The summed E-state index contributed by atoms with van der Waals surface area (Å²) in [5.41, 5.74) is 0.330. The van der Waals surface area contributed by atoms with Crippen molar-refractivity contribution < 1.29 is 1.43 Å². The molecule has 2 aromatic rings. The van der Waals surface area contributed by atoms with E-state index in [2.05, 4.69) is 21.0 Å². The molecule has 0 saturated carbocycles. The highest BCUT2D eigenvalue weighted by molar-refractivity contribution is 9.10. The van der Waals surface area contributed by atoms with E-state index in [1.165, 1.54) is 6.20 Å². The van der Waals surface area contributed by atoms with E-state index >= 15 is 0 Å². The second-order valence-corrected chi connectivity index (χ2v) is 3.46. The third-order valence-electron chi connectivity index (χ3n) is 1.73. The van der Waals surface area contributed by atoms with Gasteiger partial charge in [-0.25, -0.2) is 0 Å². The zero-order chi connectivity index (χ0) is 9.42. The molecule has 0 spiro atoms. The molecule has 1 N–H and O–H groups in total. The molecule has 0 unspecified atom stereocenters. The monoisotopic (exact) mass is 239 g/mol. The fourth-order valence-corrected chi connectivity index (χ4v) is 1.55. The average Bonchev–Trinajstić information content (AvgIpc) is 2.47. The number of H-pyrrole nitrogens is 1. The van der Waals surface area contributed by atoms with Crippen LogP contribution in [0.4, 0.5) is 0 Å². The maximum absolute atomic E-state index is 11.5. The van der Waals surface area contributed by atoms with Crippen LogP contribution in [0.1, 0.15) is 6.99 Å². The Bertz CT molecular complexity index is 566. The van der Waals surface area contributed by atoms with E-state index in [-0.39, 0.29) is 12.4 Å². The topological polar surface area (TPSA) is 61.1 Å². The van der Waals surface area contributed by atoms with E-state index in [1.807, 2.05) is 6.07 Å². The number of hydrogen-bond acceptors (Lipinski definition) is 2. The first-order valence-electron chi connectivity index (χ1n) is 3.52. The van der Waals surface area contributed by atoms with E-state index in [9.17, 15) is 4.79 Å². The van der Waals surface area contributed by atoms with Crippen molar-refractivity contribution in [3.05, 3.63) is 38.7 Å². The minimum absolute atomic E-state index is 0. The van der Waals surface area contributed by atoms with Crippen LogP contribution < -0.4 is 5.43 Å². The Hall–Kier alpha value is -1.54. The van der Waals surface area contributed by atoms with E-state index in [1.54, 1.807) is 16.8 Å². The molecule has 0 amide bonds. The van der Waals surface area contributed by atoms with Gasteiger partial charge in [0.25, 0.3) is 0 Å². The fraction of sp³-hybridized carbons (Fsp3) is 0. The van der Waals surface area contributed by atoms with Crippen LogP contribution in [0, 0.1) is 11.3 Å². The van der Waals surface area contributed by atoms with Gasteiger partial charge in [-0.2, -0.15) is 5.26 Å². The highest BCUT2D eigenvalue weighted by Crippen LogP contribution is 2.11. The van der Waals surface area contributed by atoms with Gasteiger partial charge in [-0.15, -0.1) is 0 Å². The lowest BCUT2D eigenvalue weighted by Crippen LogP contribution is -2.10. The molecule has 0 aliphatic heterocycles. The molecule has 2 heterocycles. The van der Waals surface area contributed by atoms with Crippen LogP contribution >= 0.6 is 15.9 Å². The Labute approximate surface area is 83.0 Å². The summed E-state index contributed by atoms with van der Waals surface area (Å²) in [6.07, 6.45) is 3.11. The van der Waals surface area contributed by atoms with Gasteiger partial charge in [0.05, 0.1) is 0 Å². The minimum atomic E-state index is -0.257. The molecule has 0 bridgehead atoms. The van der Waals surface area contributed by atoms with Crippen molar-refractivity contribution in [1.29, 1.82) is 5.26 Å². The number of nitrogens with zero attached hydrogens (tertiary/aromatic N) is 2. The molecule has 0 radical (unpaired) electrons. The first kappa shape index (κ1) is 8.08. The summed E-state index contributed by atoms with van der Waals surface area (Å²) >= 11 is 3.24. The van der Waals surface area contributed by atoms with E-state index in [0.29, 0.717) is 5.52 Å². The van der Waals surface area contributed by atoms with Crippen LogP contribution in [0.15, 0.2) is 27.7 Å². The van der Waals surface area contributed by atoms with Gasteiger partial charge in [-0.1, -0.05) is 0 Å². The maximum atomic E-state index is 11.5. The van der Waals surface area contributed by atoms with Crippen molar-refractivity contribution >= 4 is 21.4 Å². The largest absolute Gasteiger partial charge is 0.300 e. The van der Waals surface area contributed by atoms with Gasteiger partial charge < -0.3 is 5.10 Å². The Morgan fingerprint density at radius 1 is 1.69 bits per heavy atom. The lowest BCUT2D eigenvalue weighted by Gasteiger charge is -1.93. The lowest BCUT2D eigenvalue weighted by molar-refractivity contribution is 0.929. The minimum Gasteiger partial charge on any atom is -0.300 e. The number of hydrogen-bond donors (Lipinski definition) is 1. The Balaban J connectivity index is 0.000000980. The fourth-order valence-electron chi connectivity index (χ4n) is 1.13. The molecule has 66 valence electrons. The summed E-state index contributed by atoms with van der Waals surface area (Å²) in [6.45, 7) is 0. The molecular formula is C8H6BrN3O. The highest BCUT2D eigenvalue weighted by Gasteiger charge is 2.04. The van der Waals surface area contributed by atoms with Crippen molar-refractivity contribution in [1.82, 2.24) is 9.61 Å². The molecule has 0 atom stereocenters. The first-order chi connectivity index (χ1) is 6.22. The molecular weight excluding hydrogens is 234 g/mol. The maximum Gasteiger partial charge on any atom is 0.223 e. The molecule has 2 rings (SSSR count). The average molecular weight is 240 g/mol. The lowest BCUT2D eigenvalue weighted by atomic mass is 10.3. The second kappa shape index (κ2) is 2.75. The molecule has 4 nitrogen and oxygen atoms in total. The molecule has 2 aromatic heterocycles. The number of nitrogens with one attached hydrogen (secondary N) is 1. The predicted octanol–water partition coefficient (Wildman–Crippen LogP) is 1.51. The van der Waals surface area contributed by atoms with E-state index in [4.69, 9.17) is 5.26 Å². The van der Waals surface area contributed by atoms with Crippen LogP contribution in [0.5, 0.6) is 0 Å². The third-order valence-corrected chi connectivity index (χ3v) is 2.17. The number of nitriles is 1. The standard InChI is InChI=1S/C8H4BrN3O.H2/c9-6-1-7-8(13)5(2-10)3-11-12(7)4-6;/h1,3-4,11H;1H. The quantitative estimate of drug-likeness (QED) is 0.758. The normalized spacial score (nSPS) is 10.2. The van der Waals surface area contributed by atoms with Crippen LogP contribution in [0.25, 0.3) is 5.52 Å². The number of aromatic amines is 1. The molecule has 5 heteroatoms. The van der Waals surface area contributed by atoms with Crippen molar-refractivity contribution in [3.8, 4) is 6.07 Å². The Morgan fingerprint density at radius 3 is 3.15 bits per heavy atom. The van der Waals surface area contributed by atoms with Gasteiger partial charge in [0.1, 0.15) is 17.1 Å². The summed E-state index contributed by atoms with van der Waals surface area (Å²) in [4.78, 5) is 11.5. The van der Waals surface area contributed by atoms with Gasteiger partial charge in [-0.05, 0) is 22.0 Å². The van der Waals surface area contributed by atoms with Crippen molar-refractivity contribution in [3.63, 3.8) is 0 Å². The first-order valence-corrected chi connectivity index (χ1v) is 4.31. The second-order valence-electron chi connectivity index (χ2n) is 2.54. The number of rotatable bonds is 0. The van der Waals surface area contributed by atoms with Gasteiger partial charge in [0, 0.05) is 18.3 Å². The van der Waals surface area contributed by atoms with Crippen LogP contribution in [-0.4, -0.2) is 9.61 Å². The number of halogens is 1. The van der Waals surface area contributed by atoms with Gasteiger partial charge in [0.2, 0.25) is 5.43 Å². The number of aromatic nitrogens is 2. The van der Waals surface area contributed by atoms with Crippen LogP contribution in [0.2, 0.25) is 0 Å². The smallest absolute Gasteiger partial charge is 0.223 e. The van der Waals surface area contributed by atoms with Crippen LogP contribution in [0.3, 0.4) is 0 Å². The van der Waals surface area contributed by atoms with Crippen molar-refractivity contribution in [2.24, 2.45) is 0 Å². The SMILES string of the molecule is N#Cc1c[nH]n2cc(Br)cc2c1=O.[HH]. The summed E-state index contributed by atoms with van der Waals surface area (Å²) in [5, 5.41) is 11.4. The third kappa shape index (κ3) is 1.15. The zero-order valence-electron chi connectivity index (χ0n) is 6.41. The van der Waals surface area contributed by atoms with Gasteiger partial charge in [0.15, 0.2) is 0 Å². The molecule has 0 fully saturated rings. The Kier molecular flexibility index (Phi) is 1.71.